The van der Waals surface area contributed by atoms with E-state index in [4.69, 9.17) is 4.74 Å². The van der Waals surface area contributed by atoms with Crippen molar-refractivity contribution in [2.75, 3.05) is 13.2 Å². The van der Waals surface area contributed by atoms with Gasteiger partial charge in [-0.3, -0.25) is 4.79 Å². The molecular formula is C28H34N2O5. The minimum atomic E-state index is -1.02. The Hall–Kier alpha value is -3.35. The molecule has 0 saturated carbocycles. The first-order valence-corrected chi connectivity index (χ1v) is 12.2. The lowest BCUT2D eigenvalue weighted by atomic mass is 9.84. The summed E-state index contributed by atoms with van der Waals surface area (Å²) < 4.78 is 5.66. The van der Waals surface area contributed by atoms with Crippen molar-refractivity contribution in [2.45, 2.75) is 58.5 Å². The van der Waals surface area contributed by atoms with Gasteiger partial charge in [0.25, 0.3) is 0 Å². The lowest BCUT2D eigenvalue weighted by molar-refractivity contribution is -0.155. The molecule has 3 atom stereocenters. The second kappa shape index (κ2) is 9.72. The molecule has 0 radical (unpaired) electrons. The quantitative estimate of drug-likeness (QED) is 0.652. The maximum absolute atomic E-state index is 13.5. The van der Waals surface area contributed by atoms with Gasteiger partial charge in [-0.1, -0.05) is 76.2 Å². The molecular weight excluding hydrogens is 444 g/mol. The molecule has 2 aliphatic rings. The third kappa shape index (κ3) is 5.04. The first kappa shape index (κ1) is 24.8. The van der Waals surface area contributed by atoms with E-state index in [1.54, 1.807) is 0 Å². The molecule has 7 heteroatoms. The SMILES string of the molecule is CC1CCN(C(=O)[C@@H](NC(=O)OCC2c3ccccc3-c3ccccc32)C(C)(C)C)C(C(=O)O)C1. The molecule has 2 aromatic rings. The summed E-state index contributed by atoms with van der Waals surface area (Å²) in [5.74, 6) is -1.26. The molecule has 2 N–H and O–H groups in total. The Bertz CT molecular complexity index is 1080. The number of carbonyl (C=O) groups is 3. The van der Waals surface area contributed by atoms with Crippen LogP contribution in [0.1, 0.15) is 57.6 Å². The Balaban J connectivity index is 1.47. The monoisotopic (exact) mass is 478 g/mol. The molecule has 1 aliphatic carbocycles. The first-order chi connectivity index (χ1) is 16.6. The van der Waals surface area contributed by atoms with Crippen molar-refractivity contribution in [3.63, 3.8) is 0 Å². The number of piperidine rings is 1. The molecule has 2 aromatic carbocycles. The van der Waals surface area contributed by atoms with Crippen molar-refractivity contribution in [1.29, 1.82) is 0 Å². The molecule has 2 unspecified atom stereocenters. The summed E-state index contributed by atoms with van der Waals surface area (Å²) in [5.41, 5.74) is 3.86. The highest BCUT2D eigenvalue weighted by molar-refractivity contribution is 5.90. The van der Waals surface area contributed by atoms with Crippen LogP contribution >= 0.6 is 0 Å². The zero-order valence-corrected chi connectivity index (χ0v) is 20.8. The van der Waals surface area contributed by atoms with Gasteiger partial charge in [-0.05, 0) is 46.4 Å². The van der Waals surface area contributed by atoms with Crippen LogP contribution in [0.2, 0.25) is 0 Å². The van der Waals surface area contributed by atoms with E-state index in [1.807, 2.05) is 64.1 Å². The van der Waals surface area contributed by atoms with Gasteiger partial charge < -0.3 is 20.1 Å². The highest BCUT2D eigenvalue weighted by Gasteiger charge is 2.42. The van der Waals surface area contributed by atoms with Crippen molar-refractivity contribution in [3.05, 3.63) is 59.7 Å². The summed E-state index contributed by atoms with van der Waals surface area (Å²) in [4.78, 5) is 39.7. The number of aliphatic carboxylic acids is 1. The number of likely N-dealkylation sites (tertiary alicyclic amines) is 1. The summed E-state index contributed by atoms with van der Waals surface area (Å²) in [7, 11) is 0. The molecule has 1 fully saturated rings. The van der Waals surface area contributed by atoms with Gasteiger partial charge >= 0.3 is 12.1 Å². The smallest absolute Gasteiger partial charge is 0.407 e. The molecule has 4 rings (SSSR count). The molecule has 1 heterocycles. The number of rotatable bonds is 5. The number of nitrogens with zero attached hydrogens (tertiary/aromatic N) is 1. The number of benzene rings is 2. The number of nitrogens with one attached hydrogen (secondary N) is 1. The second-order valence-corrected chi connectivity index (χ2v) is 10.8. The summed E-state index contributed by atoms with van der Waals surface area (Å²) >= 11 is 0. The summed E-state index contributed by atoms with van der Waals surface area (Å²) in [5, 5.41) is 12.5. The minimum absolute atomic E-state index is 0.0862. The number of carboxylic acid groups (broad SMARTS) is 1. The molecule has 7 nitrogen and oxygen atoms in total. The van der Waals surface area contributed by atoms with Gasteiger partial charge in [-0.2, -0.15) is 0 Å². The predicted molar refractivity (Wildman–Crippen MR) is 133 cm³/mol. The van der Waals surface area contributed by atoms with Crippen LogP contribution in [0.25, 0.3) is 11.1 Å². The van der Waals surface area contributed by atoms with E-state index >= 15 is 0 Å². The Morgan fingerprint density at radius 1 is 1.06 bits per heavy atom. The number of fused-ring (bicyclic) bond motifs is 3. The lowest BCUT2D eigenvalue weighted by Gasteiger charge is -2.40. The number of carbonyl (C=O) groups excluding carboxylic acids is 2. The zero-order chi connectivity index (χ0) is 25.3. The van der Waals surface area contributed by atoms with Crippen molar-refractivity contribution in [2.24, 2.45) is 11.3 Å². The number of alkyl carbamates (subject to hydrolysis) is 1. The topological polar surface area (TPSA) is 95.9 Å². The van der Waals surface area contributed by atoms with Crippen molar-refractivity contribution >= 4 is 18.0 Å². The van der Waals surface area contributed by atoms with Crippen LogP contribution < -0.4 is 5.32 Å². The van der Waals surface area contributed by atoms with Gasteiger partial charge in [0.2, 0.25) is 5.91 Å². The van der Waals surface area contributed by atoms with E-state index in [1.165, 1.54) is 4.90 Å². The van der Waals surface area contributed by atoms with Gasteiger partial charge in [0.1, 0.15) is 18.7 Å². The van der Waals surface area contributed by atoms with E-state index in [-0.39, 0.29) is 24.3 Å². The summed E-state index contributed by atoms with van der Waals surface area (Å²) in [6, 6.07) is 14.4. The van der Waals surface area contributed by atoms with Crippen LogP contribution in [0.5, 0.6) is 0 Å². The Morgan fingerprint density at radius 3 is 2.17 bits per heavy atom. The Labute approximate surface area is 206 Å². The minimum Gasteiger partial charge on any atom is -0.480 e. The fourth-order valence-electron chi connectivity index (χ4n) is 5.21. The van der Waals surface area contributed by atoms with Crippen LogP contribution in [0, 0.1) is 11.3 Å². The normalized spacial score (nSPS) is 20.5. The van der Waals surface area contributed by atoms with Gasteiger partial charge in [-0.15, -0.1) is 0 Å². The number of ether oxygens (including phenoxy) is 1. The third-order valence-corrected chi connectivity index (χ3v) is 7.15. The molecule has 0 spiro atoms. The van der Waals surface area contributed by atoms with Gasteiger partial charge in [0, 0.05) is 12.5 Å². The molecule has 1 saturated heterocycles. The van der Waals surface area contributed by atoms with E-state index in [0.717, 1.165) is 28.7 Å². The summed E-state index contributed by atoms with van der Waals surface area (Å²) in [6.45, 7) is 8.04. The number of amides is 2. The molecule has 35 heavy (non-hydrogen) atoms. The highest BCUT2D eigenvalue weighted by Crippen LogP contribution is 2.44. The van der Waals surface area contributed by atoms with Crippen LogP contribution in [-0.2, 0) is 14.3 Å². The summed E-state index contributed by atoms with van der Waals surface area (Å²) in [6.07, 6.45) is 0.456. The predicted octanol–water partition coefficient (Wildman–Crippen LogP) is 4.65. The Morgan fingerprint density at radius 2 is 1.63 bits per heavy atom. The van der Waals surface area contributed by atoms with Gasteiger partial charge in [-0.25, -0.2) is 9.59 Å². The van der Waals surface area contributed by atoms with Crippen molar-refractivity contribution in [1.82, 2.24) is 10.2 Å². The molecule has 1 aliphatic heterocycles. The van der Waals surface area contributed by atoms with Crippen LogP contribution in [0.4, 0.5) is 4.79 Å². The number of carboxylic acids is 1. The standard InChI is InChI=1S/C28H34N2O5/c1-17-13-14-30(23(15-17)26(32)33)25(31)24(28(2,3)4)29-27(34)35-16-22-20-11-7-5-9-18(20)19-10-6-8-12-21(19)22/h5-12,17,22-24H,13-16H2,1-4H3,(H,29,34)(H,32,33)/t17?,23?,24-/m1/s1. The lowest BCUT2D eigenvalue weighted by Crippen LogP contribution is -2.60. The second-order valence-electron chi connectivity index (χ2n) is 10.8. The largest absolute Gasteiger partial charge is 0.480 e. The first-order valence-electron chi connectivity index (χ1n) is 12.2. The Kier molecular flexibility index (Phi) is 6.88. The third-order valence-electron chi connectivity index (χ3n) is 7.15. The van der Waals surface area contributed by atoms with Crippen molar-refractivity contribution < 1.29 is 24.2 Å². The van der Waals surface area contributed by atoms with E-state index in [2.05, 4.69) is 17.4 Å². The molecule has 186 valence electrons. The van der Waals surface area contributed by atoms with E-state index < -0.39 is 29.6 Å². The van der Waals surface area contributed by atoms with Crippen LogP contribution in [0.3, 0.4) is 0 Å². The van der Waals surface area contributed by atoms with Crippen molar-refractivity contribution in [3.8, 4) is 11.1 Å². The maximum atomic E-state index is 13.5. The van der Waals surface area contributed by atoms with E-state index in [0.29, 0.717) is 13.0 Å². The van der Waals surface area contributed by atoms with Crippen LogP contribution in [-0.4, -0.2) is 53.2 Å². The number of hydrogen-bond acceptors (Lipinski definition) is 4. The van der Waals surface area contributed by atoms with Crippen LogP contribution in [0.15, 0.2) is 48.5 Å². The van der Waals surface area contributed by atoms with E-state index in [9.17, 15) is 19.5 Å². The van der Waals surface area contributed by atoms with Gasteiger partial charge in [0.15, 0.2) is 0 Å². The average molecular weight is 479 g/mol. The average Bonchev–Trinajstić information content (AvgIpc) is 3.13. The fourth-order valence-corrected chi connectivity index (χ4v) is 5.21. The van der Waals surface area contributed by atoms with Gasteiger partial charge in [0.05, 0.1) is 0 Å². The zero-order valence-electron chi connectivity index (χ0n) is 20.8. The fraction of sp³-hybridized carbons (Fsp3) is 0.464. The molecule has 2 amide bonds. The number of hydrogen-bond donors (Lipinski definition) is 2. The molecule has 0 aromatic heterocycles. The molecule has 0 bridgehead atoms. The highest BCUT2D eigenvalue weighted by atomic mass is 16.5. The maximum Gasteiger partial charge on any atom is 0.407 e.